The first-order chi connectivity index (χ1) is 7.36. The van der Waals surface area contributed by atoms with Crippen LogP contribution in [0.3, 0.4) is 0 Å². The van der Waals surface area contributed by atoms with Gasteiger partial charge in [-0.3, -0.25) is 4.79 Å². The van der Waals surface area contributed by atoms with Crippen molar-refractivity contribution in [1.82, 2.24) is 0 Å². The number of nitrogens with zero attached hydrogens (tertiary/aromatic N) is 1. The molecule has 0 fully saturated rings. The molecular weight excluding hydrogens is 221 g/mol. The molecule has 2 N–H and O–H groups in total. The van der Waals surface area contributed by atoms with Crippen LogP contribution in [0.5, 0.6) is 0 Å². The highest BCUT2D eigenvalue weighted by Gasteiger charge is 2.30. The Bertz CT molecular complexity index is 390. The molecule has 0 heterocycles. The Kier molecular flexibility index (Phi) is 3.54. The number of hydrazine groups is 1. The second-order valence-corrected chi connectivity index (χ2v) is 3.17. The number of halogens is 3. The molecule has 0 atom stereocenters. The molecule has 1 amide bonds. The summed E-state index contributed by atoms with van der Waals surface area (Å²) in [6, 6.07) is 4.32. The van der Waals surface area contributed by atoms with Crippen molar-refractivity contribution >= 4 is 11.6 Å². The molecule has 88 valence electrons. The first-order valence-electron chi connectivity index (χ1n) is 4.61. The van der Waals surface area contributed by atoms with Gasteiger partial charge in [0, 0.05) is 6.42 Å². The standard InChI is InChI=1S/C10H11F3N2O/c1-2-9(16)15(14)8-5-3-4-7(6-8)10(11,12)13/h3-6H,2,14H2,1H3. The Morgan fingerprint density at radius 2 is 2.06 bits per heavy atom. The molecular formula is C10H11F3N2O. The van der Waals surface area contributed by atoms with E-state index in [9.17, 15) is 18.0 Å². The Morgan fingerprint density at radius 1 is 1.44 bits per heavy atom. The van der Waals surface area contributed by atoms with Crippen molar-refractivity contribution in [2.24, 2.45) is 5.84 Å². The van der Waals surface area contributed by atoms with Gasteiger partial charge in [-0.2, -0.15) is 13.2 Å². The minimum absolute atomic E-state index is 0.0293. The smallest absolute Gasteiger partial charge is 0.273 e. The van der Waals surface area contributed by atoms with E-state index < -0.39 is 17.6 Å². The van der Waals surface area contributed by atoms with Crippen molar-refractivity contribution in [1.29, 1.82) is 0 Å². The van der Waals surface area contributed by atoms with Crippen LogP contribution in [-0.2, 0) is 11.0 Å². The maximum atomic E-state index is 12.4. The van der Waals surface area contributed by atoms with E-state index in [1.165, 1.54) is 12.1 Å². The van der Waals surface area contributed by atoms with Gasteiger partial charge in [-0.25, -0.2) is 10.9 Å². The maximum absolute atomic E-state index is 12.4. The average Bonchev–Trinajstić information content (AvgIpc) is 2.26. The predicted octanol–water partition coefficient (Wildman–Crippen LogP) is 2.32. The summed E-state index contributed by atoms with van der Waals surface area (Å²) in [5.41, 5.74) is -0.800. The van der Waals surface area contributed by atoms with E-state index in [4.69, 9.17) is 5.84 Å². The van der Waals surface area contributed by atoms with Crippen LogP contribution in [0.25, 0.3) is 0 Å². The van der Waals surface area contributed by atoms with Gasteiger partial charge < -0.3 is 0 Å². The number of carbonyl (C=O) groups is 1. The molecule has 0 aliphatic carbocycles. The zero-order chi connectivity index (χ0) is 12.3. The molecule has 0 aromatic heterocycles. The molecule has 1 aromatic rings. The Hall–Kier alpha value is -1.56. The van der Waals surface area contributed by atoms with Crippen molar-refractivity contribution in [2.75, 3.05) is 5.01 Å². The zero-order valence-electron chi connectivity index (χ0n) is 8.58. The second kappa shape index (κ2) is 4.52. The Labute approximate surface area is 90.6 Å². The monoisotopic (exact) mass is 232 g/mol. The van der Waals surface area contributed by atoms with Gasteiger partial charge in [-0.1, -0.05) is 13.0 Å². The van der Waals surface area contributed by atoms with Crippen molar-refractivity contribution < 1.29 is 18.0 Å². The normalized spacial score (nSPS) is 11.3. The summed E-state index contributed by atoms with van der Waals surface area (Å²) in [5, 5.41) is 0.717. The van der Waals surface area contributed by atoms with Gasteiger partial charge in [0.2, 0.25) is 5.91 Å². The molecule has 0 aliphatic heterocycles. The summed E-state index contributed by atoms with van der Waals surface area (Å²) in [6.45, 7) is 1.58. The first-order valence-corrected chi connectivity index (χ1v) is 4.61. The molecule has 0 saturated carbocycles. The number of anilines is 1. The van der Waals surface area contributed by atoms with Gasteiger partial charge in [0.25, 0.3) is 0 Å². The summed E-state index contributed by atoms with van der Waals surface area (Å²) in [5.74, 6) is 4.93. The quantitative estimate of drug-likeness (QED) is 0.483. The third kappa shape index (κ3) is 2.73. The van der Waals surface area contributed by atoms with Crippen LogP contribution < -0.4 is 10.9 Å². The van der Waals surface area contributed by atoms with Crippen molar-refractivity contribution in [2.45, 2.75) is 19.5 Å². The summed E-state index contributed by atoms with van der Waals surface area (Å²) in [7, 11) is 0. The molecule has 6 heteroatoms. The lowest BCUT2D eigenvalue weighted by Crippen LogP contribution is -2.37. The van der Waals surface area contributed by atoms with Crippen LogP contribution in [0.1, 0.15) is 18.9 Å². The topological polar surface area (TPSA) is 46.3 Å². The second-order valence-electron chi connectivity index (χ2n) is 3.17. The third-order valence-corrected chi connectivity index (χ3v) is 2.02. The molecule has 0 spiro atoms. The number of benzene rings is 1. The van der Waals surface area contributed by atoms with Gasteiger partial charge in [-0.05, 0) is 18.2 Å². The molecule has 0 radical (unpaired) electrons. The van der Waals surface area contributed by atoms with E-state index in [2.05, 4.69) is 0 Å². The maximum Gasteiger partial charge on any atom is 0.416 e. The Balaban J connectivity index is 3.04. The molecule has 16 heavy (non-hydrogen) atoms. The molecule has 0 bridgehead atoms. The number of amides is 1. The molecule has 1 aromatic carbocycles. The SMILES string of the molecule is CCC(=O)N(N)c1cccc(C(F)(F)F)c1. The van der Waals surface area contributed by atoms with Gasteiger partial charge in [0.1, 0.15) is 0 Å². The lowest BCUT2D eigenvalue weighted by molar-refractivity contribution is -0.137. The fraction of sp³-hybridized carbons (Fsp3) is 0.300. The van der Waals surface area contributed by atoms with Crippen molar-refractivity contribution in [3.05, 3.63) is 29.8 Å². The highest BCUT2D eigenvalue weighted by molar-refractivity contribution is 5.91. The summed E-state index contributed by atoms with van der Waals surface area (Å²) in [6.07, 6.45) is -4.31. The fourth-order valence-corrected chi connectivity index (χ4v) is 1.15. The summed E-state index contributed by atoms with van der Waals surface area (Å²) >= 11 is 0. The number of carbonyl (C=O) groups excluding carboxylic acids is 1. The lowest BCUT2D eigenvalue weighted by atomic mass is 10.2. The number of rotatable bonds is 2. The number of hydrogen-bond donors (Lipinski definition) is 1. The first kappa shape index (κ1) is 12.5. The van der Waals surface area contributed by atoms with Gasteiger partial charge in [-0.15, -0.1) is 0 Å². The van der Waals surface area contributed by atoms with Gasteiger partial charge in [0.15, 0.2) is 0 Å². The minimum Gasteiger partial charge on any atom is -0.273 e. The summed E-state index contributed by atoms with van der Waals surface area (Å²) in [4.78, 5) is 11.2. The van der Waals surface area contributed by atoms with Gasteiger partial charge >= 0.3 is 6.18 Å². The highest BCUT2D eigenvalue weighted by Crippen LogP contribution is 2.31. The predicted molar refractivity (Wildman–Crippen MR) is 53.4 cm³/mol. The molecule has 0 unspecified atom stereocenters. The number of nitrogens with two attached hydrogens (primary N) is 1. The molecule has 0 aliphatic rings. The van der Waals surface area contributed by atoms with E-state index >= 15 is 0 Å². The number of alkyl halides is 3. The largest absolute Gasteiger partial charge is 0.416 e. The molecule has 0 saturated heterocycles. The molecule has 3 nitrogen and oxygen atoms in total. The van der Waals surface area contributed by atoms with Crippen LogP contribution in [0.4, 0.5) is 18.9 Å². The highest BCUT2D eigenvalue weighted by atomic mass is 19.4. The van der Waals surface area contributed by atoms with Gasteiger partial charge in [0.05, 0.1) is 11.3 Å². The van der Waals surface area contributed by atoms with E-state index in [1.807, 2.05) is 0 Å². The lowest BCUT2D eigenvalue weighted by Gasteiger charge is -2.17. The van der Waals surface area contributed by atoms with Crippen LogP contribution in [0.2, 0.25) is 0 Å². The van der Waals surface area contributed by atoms with Crippen molar-refractivity contribution in [3.63, 3.8) is 0 Å². The number of hydrogen-bond acceptors (Lipinski definition) is 2. The van der Waals surface area contributed by atoms with E-state index in [0.717, 1.165) is 17.1 Å². The zero-order valence-corrected chi connectivity index (χ0v) is 8.58. The van der Waals surface area contributed by atoms with Crippen LogP contribution in [0.15, 0.2) is 24.3 Å². The fourth-order valence-electron chi connectivity index (χ4n) is 1.15. The third-order valence-electron chi connectivity index (χ3n) is 2.02. The Morgan fingerprint density at radius 3 is 2.56 bits per heavy atom. The average molecular weight is 232 g/mol. The van der Waals surface area contributed by atoms with E-state index in [0.29, 0.717) is 0 Å². The van der Waals surface area contributed by atoms with Crippen LogP contribution >= 0.6 is 0 Å². The van der Waals surface area contributed by atoms with Crippen LogP contribution in [0, 0.1) is 0 Å². The minimum atomic E-state index is -4.44. The summed E-state index contributed by atoms with van der Waals surface area (Å²) < 4.78 is 37.1. The van der Waals surface area contributed by atoms with E-state index in [1.54, 1.807) is 6.92 Å². The van der Waals surface area contributed by atoms with Crippen LogP contribution in [-0.4, -0.2) is 5.91 Å². The van der Waals surface area contributed by atoms with E-state index in [-0.39, 0.29) is 12.1 Å². The molecule has 1 rings (SSSR count). The van der Waals surface area contributed by atoms with Crippen molar-refractivity contribution in [3.8, 4) is 0 Å².